The Morgan fingerprint density at radius 2 is 1.40 bits per heavy atom. The maximum atomic E-state index is 11.7. The third-order valence-corrected chi connectivity index (χ3v) is 5.30. The topological polar surface area (TPSA) is 176 Å². The van der Waals surface area contributed by atoms with Gasteiger partial charge in [0.15, 0.2) is 6.29 Å². The van der Waals surface area contributed by atoms with E-state index in [4.69, 9.17) is 18.9 Å². The molecule has 2 saturated heterocycles. The fraction of sp³-hybridized carbons (Fsp3) is 0.889. The van der Waals surface area contributed by atoms with Crippen LogP contribution in [0.3, 0.4) is 0 Å². The van der Waals surface area contributed by atoms with Crippen molar-refractivity contribution >= 4 is 11.8 Å². The van der Waals surface area contributed by atoms with Gasteiger partial charge in [-0.3, -0.25) is 9.59 Å². The minimum absolute atomic E-state index is 0.389. The van der Waals surface area contributed by atoms with Gasteiger partial charge in [-0.1, -0.05) is 0 Å². The highest BCUT2D eigenvalue weighted by molar-refractivity contribution is 5.73. The van der Waals surface area contributed by atoms with Gasteiger partial charge in [0.1, 0.15) is 42.7 Å². The first-order valence-corrected chi connectivity index (χ1v) is 9.75. The number of carbonyl (C=O) groups excluding carboxylic acids is 2. The number of ether oxygens (including phenoxy) is 4. The molecule has 30 heavy (non-hydrogen) atoms. The molecule has 5 unspecified atom stereocenters. The molecular formula is C18H32N2O10. The number of nitrogens with one attached hydrogen (secondary N) is 2. The van der Waals surface area contributed by atoms with Gasteiger partial charge >= 0.3 is 0 Å². The first kappa shape index (κ1) is 24.9. The highest BCUT2D eigenvalue weighted by Crippen LogP contribution is 2.30. The van der Waals surface area contributed by atoms with Crippen molar-refractivity contribution in [2.24, 2.45) is 0 Å². The van der Waals surface area contributed by atoms with Crippen molar-refractivity contribution < 1.29 is 49.0 Å². The van der Waals surface area contributed by atoms with Crippen LogP contribution in [0.4, 0.5) is 0 Å². The van der Waals surface area contributed by atoms with E-state index >= 15 is 0 Å². The molecule has 12 heteroatoms. The Hall–Kier alpha value is -1.38. The highest BCUT2D eigenvalue weighted by Gasteiger charge is 2.51. The summed E-state index contributed by atoms with van der Waals surface area (Å²) in [7, 11) is 1.33. The van der Waals surface area contributed by atoms with E-state index in [2.05, 4.69) is 10.6 Å². The summed E-state index contributed by atoms with van der Waals surface area (Å²) in [6.45, 7) is 3.17. The molecule has 0 spiro atoms. The molecule has 0 aromatic heterocycles. The molecule has 2 rings (SSSR count). The van der Waals surface area contributed by atoms with E-state index in [-0.39, 0.29) is 5.91 Å². The quantitative estimate of drug-likeness (QED) is 0.236. The standard InChI is InChI=1S/C18H32N2O10/c1-7-12(19-8(2)23)14(25)17(11(6-22)28-7)30-18-13(20-9(3)24)15(26)16(27-4)10(5-21)29-18/h7,10-18,21-22,25-26H,5-6H2,1-4H3,(H,19,23)(H,20,24)/t7-,10?,11?,12?,13?,14?,15+,16+,17+,18-/m0/s1. The molecular weight excluding hydrogens is 404 g/mol. The molecule has 2 heterocycles. The summed E-state index contributed by atoms with van der Waals surface area (Å²) in [5.74, 6) is -0.864. The van der Waals surface area contributed by atoms with Gasteiger partial charge in [0, 0.05) is 21.0 Å². The SMILES string of the molecule is CO[C@@H]1C(CO)O[C@@H](O[C@@H]2C(CO)O[C@@H](C)C(NC(C)=O)C2O)C(NC(C)=O)[C@H]1O. The van der Waals surface area contributed by atoms with Crippen LogP contribution in [-0.2, 0) is 28.5 Å². The summed E-state index contributed by atoms with van der Waals surface area (Å²) >= 11 is 0. The third-order valence-electron chi connectivity index (χ3n) is 5.30. The van der Waals surface area contributed by atoms with Crippen LogP contribution in [0.25, 0.3) is 0 Å². The number of aliphatic hydroxyl groups excluding tert-OH is 4. The van der Waals surface area contributed by atoms with E-state index in [1.54, 1.807) is 6.92 Å². The number of methoxy groups -OCH3 is 1. The van der Waals surface area contributed by atoms with Gasteiger partial charge in [0.25, 0.3) is 0 Å². The summed E-state index contributed by atoms with van der Waals surface area (Å²) in [6, 6.07) is -1.93. The van der Waals surface area contributed by atoms with Crippen LogP contribution in [0, 0.1) is 0 Å². The number of aliphatic hydroxyl groups is 4. The van der Waals surface area contributed by atoms with Gasteiger partial charge in [-0.25, -0.2) is 0 Å². The van der Waals surface area contributed by atoms with Gasteiger partial charge < -0.3 is 50.0 Å². The van der Waals surface area contributed by atoms with Crippen LogP contribution in [0.5, 0.6) is 0 Å². The zero-order chi connectivity index (χ0) is 22.6. The molecule has 2 aliphatic rings. The van der Waals surface area contributed by atoms with Gasteiger partial charge in [-0.05, 0) is 6.92 Å². The molecule has 10 atom stereocenters. The molecule has 174 valence electrons. The summed E-state index contributed by atoms with van der Waals surface area (Å²) in [6.07, 6.45) is -8.57. The largest absolute Gasteiger partial charge is 0.394 e. The number of hydrogen-bond acceptors (Lipinski definition) is 10. The first-order chi connectivity index (χ1) is 14.1. The highest BCUT2D eigenvalue weighted by atomic mass is 16.7. The lowest BCUT2D eigenvalue weighted by Gasteiger charge is -2.48. The van der Waals surface area contributed by atoms with Crippen molar-refractivity contribution in [2.75, 3.05) is 20.3 Å². The Morgan fingerprint density at radius 1 is 0.900 bits per heavy atom. The van der Waals surface area contributed by atoms with Crippen LogP contribution < -0.4 is 10.6 Å². The van der Waals surface area contributed by atoms with E-state index in [1.165, 1.54) is 21.0 Å². The molecule has 0 aromatic carbocycles. The van der Waals surface area contributed by atoms with Gasteiger partial charge in [0.05, 0.1) is 25.4 Å². The summed E-state index contributed by atoms with van der Waals surface area (Å²) in [5, 5.41) is 45.9. The third kappa shape index (κ3) is 5.45. The number of carbonyl (C=O) groups is 2. The van der Waals surface area contributed by atoms with Crippen molar-refractivity contribution in [1.82, 2.24) is 10.6 Å². The van der Waals surface area contributed by atoms with Crippen LogP contribution in [-0.4, -0.2) is 114 Å². The molecule has 0 aliphatic carbocycles. The lowest BCUT2D eigenvalue weighted by molar-refractivity contribution is -0.315. The van der Waals surface area contributed by atoms with Crippen LogP contribution in [0.1, 0.15) is 20.8 Å². The molecule has 0 saturated carbocycles. The van der Waals surface area contributed by atoms with E-state index < -0.39 is 80.2 Å². The summed E-state index contributed by atoms with van der Waals surface area (Å²) in [5.41, 5.74) is 0. The van der Waals surface area contributed by atoms with Gasteiger partial charge in [-0.15, -0.1) is 0 Å². The summed E-state index contributed by atoms with van der Waals surface area (Å²) in [4.78, 5) is 23.2. The monoisotopic (exact) mass is 436 g/mol. The normalized spacial score (nSPS) is 41.9. The smallest absolute Gasteiger partial charge is 0.217 e. The van der Waals surface area contributed by atoms with Crippen molar-refractivity contribution in [1.29, 1.82) is 0 Å². The second-order valence-electron chi connectivity index (χ2n) is 7.52. The Balaban J connectivity index is 2.28. The lowest BCUT2D eigenvalue weighted by Crippen LogP contribution is -2.69. The lowest BCUT2D eigenvalue weighted by atomic mass is 9.92. The Kier molecular flexibility index (Phi) is 8.94. The number of rotatable bonds is 7. The van der Waals surface area contributed by atoms with Crippen LogP contribution in [0.15, 0.2) is 0 Å². The molecule has 6 N–H and O–H groups in total. The maximum absolute atomic E-state index is 11.7. The minimum atomic E-state index is -1.31. The number of hydrogen-bond donors (Lipinski definition) is 6. The van der Waals surface area contributed by atoms with Crippen LogP contribution in [0.2, 0.25) is 0 Å². The molecule has 0 radical (unpaired) electrons. The van der Waals surface area contributed by atoms with E-state index in [1.807, 2.05) is 0 Å². The molecule has 2 fully saturated rings. The maximum Gasteiger partial charge on any atom is 0.217 e. The van der Waals surface area contributed by atoms with Crippen LogP contribution >= 0.6 is 0 Å². The van der Waals surface area contributed by atoms with Gasteiger partial charge in [0.2, 0.25) is 11.8 Å². The molecule has 0 aromatic rings. The second kappa shape index (κ2) is 10.8. The number of amides is 2. The Bertz CT molecular complexity index is 593. The van der Waals surface area contributed by atoms with Crippen molar-refractivity contribution in [2.45, 2.75) is 81.9 Å². The fourth-order valence-electron chi connectivity index (χ4n) is 3.91. The van der Waals surface area contributed by atoms with Crippen molar-refractivity contribution in [3.8, 4) is 0 Å². The molecule has 0 bridgehead atoms. The first-order valence-electron chi connectivity index (χ1n) is 9.75. The molecule has 12 nitrogen and oxygen atoms in total. The summed E-state index contributed by atoms with van der Waals surface area (Å²) < 4.78 is 22.4. The molecule has 2 amide bonds. The van der Waals surface area contributed by atoms with Crippen molar-refractivity contribution in [3.63, 3.8) is 0 Å². The van der Waals surface area contributed by atoms with Gasteiger partial charge in [-0.2, -0.15) is 0 Å². The Morgan fingerprint density at radius 3 is 1.90 bits per heavy atom. The minimum Gasteiger partial charge on any atom is -0.394 e. The Labute approximate surface area is 174 Å². The zero-order valence-electron chi connectivity index (χ0n) is 17.4. The van der Waals surface area contributed by atoms with Crippen molar-refractivity contribution in [3.05, 3.63) is 0 Å². The van der Waals surface area contributed by atoms with E-state index in [9.17, 15) is 30.0 Å². The molecule has 2 aliphatic heterocycles. The fourth-order valence-corrected chi connectivity index (χ4v) is 3.91. The average Bonchev–Trinajstić information content (AvgIpc) is 2.68. The van der Waals surface area contributed by atoms with E-state index in [0.29, 0.717) is 0 Å². The predicted molar refractivity (Wildman–Crippen MR) is 100 cm³/mol. The second-order valence-corrected chi connectivity index (χ2v) is 7.52. The predicted octanol–water partition coefficient (Wildman–Crippen LogP) is -3.39. The zero-order valence-corrected chi connectivity index (χ0v) is 17.4. The van der Waals surface area contributed by atoms with E-state index in [0.717, 1.165) is 0 Å². The average molecular weight is 436 g/mol.